The molecule has 1 unspecified atom stereocenters. The van der Waals surface area contributed by atoms with Gasteiger partial charge in [0, 0.05) is 35.3 Å². The van der Waals surface area contributed by atoms with Gasteiger partial charge >= 0.3 is 0 Å². The number of hydrogen-bond donors (Lipinski definition) is 3. The monoisotopic (exact) mass is 361 g/mol. The molecule has 27 heavy (non-hydrogen) atoms. The van der Waals surface area contributed by atoms with Gasteiger partial charge in [-0.2, -0.15) is 0 Å². The quantitative estimate of drug-likeness (QED) is 0.759. The molecule has 3 aliphatic rings. The molecule has 0 spiro atoms. The summed E-state index contributed by atoms with van der Waals surface area (Å²) in [6.07, 6.45) is 6.87. The van der Waals surface area contributed by atoms with Crippen molar-refractivity contribution in [1.29, 1.82) is 0 Å². The standard InChI is InChI=1S/C20H23N7/c1-12-4-3-5-17(25-12)26-19(15-8-9-23-20(15)22)14-6-7-18-24-10-16(13(2)21)27(18)11-14/h3-7,11,16H,2,8-10,21H2,1H3,(H2,22,23)(H,25,26)/b19-15-. The third-order valence-electron chi connectivity index (χ3n) is 4.83. The molecule has 1 atom stereocenters. The molecule has 0 amide bonds. The van der Waals surface area contributed by atoms with E-state index in [-0.39, 0.29) is 6.04 Å². The second-order valence-electron chi connectivity index (χ2n) is 6.77. The van der Waals surface area contributed by atoms with Crippen molar-refractivity contribution in [2.24, 2.45) is 21.5 Å². The van der Waals surface area contributed by atoms with E-state index >= 15 is 0 Å². The van der Waals surface area contributed by atoms with Gasteiger partial charge in [0.25, 0.3) is 0 Å². The van der Waals surface area contributed by atoms with Gasteiger partial charge in [0.2, 0.25) is 0 Å². The second kappa shape index (κ2) is 6.75. The van der Waals surface area contributed by atoms with E-state index < -0.39 is 0 Å². The summed E-state index contributed by atoms with van der Waals surface area (Å²) in [6, 6.07) is 5.85. The molecule has 5 N–H and O–H groups in total. The number of pyridine rings is 1. The SMILES string of the molecule is C=C(N)C1CN=C2C=CC(/C(Nc3cccc(C)n3)=C3\CCN=C3N)=CN21. The summed E-state index contributed by atoms with van der Waals surface area (Å²) >= 11 is 0. The molecule has 7 heteroatoms. The van der Waals surface area contributed by atoms with Crippen molar-refractivity contribution >= 4 is 17.5 Å². The highest BCUT2D eigenvalue weighted by Gasteiger charge is 2.29. The normalized spacial score (nSPS) is 22.8. The summed E-state index contributed by atoms with van der Waals surface area (Å²) in [5.41, 5.74) is 16.6. The Hall–Kier alpha value is -3.35. The Balaban J connectivity index is 1.75. The minimum Gasteiger partial charge on any atom is -0.401 e. The largest absolute Gasteiger partial charge is 0.401 e. The van der Waals surface area contributed by atoms with Crippen LogP contribution in [0, 0.1) is 6.92 Å². The molecule has 0 aromatic carbocycles. The van der Waals surface area contributed by atoms with Crippen LogP contribution in [-0.4, -0.2) is 40.7 Å². The summed E-state index contributed by atoms with van der Waals surface area (Å²) in [4.78, 5) is 15.5. The Morgan fingerprint density at radius 2 is 2.15 bits per heavy atom. The number of allylic oxidation sites excluding steroid dienone is 1. The Labute approximate surface area is 158 Å². The molecule has 0 saturated heterocycles. The third kappa shape index (κ3) is 3.23. The number of amidine groups is 2. The molecule has 0 radical (unpaired) electrons. The Morgan fingerprint density at radius 1 is 1.30 bits per heavy atom. The molecule has 4 heterocycles. The maximum Gasteiger partial charge on any atom is 0.130 e. The molecule has 1 aromatic rings. The lowest BCUT2D eigenvalue weighted by Gasteiger charge is -2.28. The van der Waals surface area contributed by atoms with Crippen molar-refractivity contribution in [3.63, 3.8) is 0 Å². The number of rotatable bonds is 4. The molecule has 0 fully saturated rings. The van der Waals surface area contributed by atoms with Gasteiger partial charge in [0.1, 0.15) is 17.5 Å². The fourth-order valence-corrected chi connectivity index (χ4v) is 3.43. The van der Waals surface area contributed by atoms with E-state index in [0.717, 1.165) is 40.6 Å². The van der Waals surface area contributed by atoms with Crippen LogP contribution in [-0.2, 0) is 0 Å². The molecule has 7 nitrogen and oxygen atoms in total. The van der Waals surface area contributed by atoms with E-state index in [9.17, 15) is 0 Å². The minimum atomic E-state index is -0.0297. The van der Waals surface area contributed by atoms with Crippen LogP contribution in [0.15, 0.2) is 75.7 Å². The molecular weight excluding hydrogens is 338 g/mol. The molecule has 4 rings (SSSR count). The van der Waals surface area contributed by atoms with E-state index in [2.05, 4.69) is 31.8 Å². The number of aromatic nitrogens is 1. The van der Waals surface area contributed by atoms with Crippen LogP contribution in [0.1, 0.15) is 12.1 Å². The minimum absolute atomic E-state index is 0.0297. The van der Waals surface area contributed by atoms with E-state index in [1.807, 2.05) is 43.5 Å². The van der Waals surface area contributed by atoms with Crippen molar-refractivity contribution < 1.29 is 0 Å². The van der Waals surface area contributed by atoms with Crippen LogP contribution >= 0.6 is 0 Å². The maximum absolute atomic E-state index is 6.16. The van der Waals surface area contributed by atoms with Gasteiger partial charge in [0.15, 0.2) is 0 Å². The first-order valence-corrected chi connectivity index (χ1v) is 8.94. The molecule has 0 bridgehead atoms. The predicted octanol–water partition coefficient (Wildman–Crippen LogP) is 1.83. The first-order valence-electron chi connectivity index (χ1n) is 8.94. The zero-order valence-corrected chi connectivity index (χ0v) is 15.3. The van der Waals surface area contributed by atoms with Crippen LogP contribution in [0.5, 0.6) is 0 Å². The average Bonchev–Trinajstić information content (AvgIpc) is 3.25. The average molecular weight is 361 g/mol. The Kier molecular flexibility index (Phi) is 4.27. The smallest absolute Gasteiger partial charge is 0.130 e. The number of hydrogen-bond acceptors (Lipinski definition) is 7. The lowest BCUT2D eigenvalue weighted by molar-refractivity contribution is 0.488. The summed E-state index contributed by atoms with van der Waals surface area (Å²) in [5, 5.41) is 3.45. The van der Waals surface area contributed by atoms with Gasteiger partial charge in [0.05, 0.1) is 18.3 Å². The number of nitrogens with one attached hydrogen (secondary N) is 1. The van der Waals surface area contributed by atoms with E-state index in [0.29, 0.717) is 24.6 Å². The Morgan fingerprint density at radius 3 is 2.85 bits per heavy atom. The molecular formula is C20H23N7. The van der Waals surface area contributed by atoms with Gasteiger partial charge in [-0.1, -0.05) is 12.6 Å². The third-order valence-corrected chi connectivity index (χ3v) is 4.83. The molecule has 0 saturated carbocycles. The summed E-state index contributed by atoms with van der Waals surface area (Å²) in [6.45, 7) is 7.17. The van der Waals surface area contributed by atoms with Crippen LogP contribution < -0.4 is 16.8 Å². The fourth-order valence-electron chi connectivity index (χ4n) is 3.43. The maximum atomic E-state index is 6.16. The van der Waals surface area contributed by atoms with Crippen molar-refractivity contribution in [3.05, 3.63) is 71.4 Å². The van der Waals surface area contributed by atoms with Gasteiger partial charge in [-0.25, -0.2) is 4.98 Å². The molecule has 1 aromatic heterocycles. The van der Waals surface area contributed by atoms with Crippen LogP contribution in [0.2, 0.25) is 0 Å². The first-order chi connectivity index (χ1) is 13.0. The number of nitrogens with two attached hydrogens (primary N) is 2. The number of nitrogens with zero attached hydrogens (tertiary/aromatic N) is 4. The Bertz CT molecular complexity index is 949. The lowest BCUT2D eigenvalue weighted by Crippen LogP contribution is -2.36. The van der Waals surface area contributed by atoms with Gasteiger partial charge in [-0.3, -0.25) is 9.98 Å². The number of fused-ring (bicyclic) bond motifs is 1. The molecule has 138 valence electrons. The van der Waals surface area contributed by atoms with Crippen molar-refractivity contribution in [2.45, 2.75) is 19.4 Å². The number of aliphatic imine (C=N–C) groups is 2. The van der Waals surface area contributed by atoms with Crippen LogP contribution in [0.4, 0.5) is 5.82 Å². The van der Waals surface area contributed by atoms with Gasteiger partial charge in [-0.15, -0.1) is 0 Å². The van der Waals surface area contributed by atoms with Gasteiger partial charge < -0.3 is 21.7 Å². The summed E-state index contributed by atoms with van der Waals surface area (Å²) < 4.78 is 0. The second-order valence-corrected chi connectivity index (χ2v) is 6.77. The fraction of sp³-hybridized carbons (Fsp3) is 0.250. The topological polar surface area (TPSA) is 105 Å². The molecule has 0 aliphatic carbocycles. The van der Waals surface area contributed by atoms with Crippen LogP contribution in [0.25, 0.3) is 0 Å². The van der Waals surface area contributed by atoms with Crippen molar-refractivity contribution in [1.82, 2.24) is 9.88 Å². The highest BCUT2D eigenvalue weighted by atomic mass is 15.3. The highest BCUT2D eigenvalue weighted by molar-refractivity contribution is 6.02. The van der Waals surface area contributed by atoms with Gasteiger partial charge in [-0.05, 0) is 37.6 Å². The van der Waals surface area contributed by atoms with Crippen LogP contribution in [0.3, 0.4) is 0 Å². The number of aryl methyl sites for hydroxylation is 1. The first kappa shape index (κ1) is 17.1. The summed E-state index contributed by atoms with van der Waals surface area (Å²) in [7, 11) is 0. The lowest BCUT2D eigenvalue weighted by atomic mass is 10.0. The number of anilines is 1. The van der Waals surface area contributed by atoms with E-state index in [1.165, 1.54) is 0 Å². The predicted molar refractivity (Wildman–Crippen MR) is 109 cm³/mol. The summed E-state index contributed by atoms with van der Waals surface area (Å²) in [5.74, 6) is 2.23. The van der Waals surface area contributed by atoms with Crippen molar-refractivity contribution in [2.75, 3.05) is 18.4 Å². The van der Waals surface area contributed by atoms with E-state index in [1.54, 1.807) is 0 Å². The molecule has 3 aliphatic heterocycles. The highest BCUT2D eigenvalue weighted by Crippen LogP contribution is 2.29. The zero-order chi connectivity index (χ0) is 19.0. The van der Waals surface area contributed by atoms with Crippen molar-refractivity contribution in [3.8, 4) is 0 Å². The van der Waals surface area contributed by atoms with E-state index in [4.69, 9.17) is 11.5 Å². The zero-order valence-electron chi connectivity index (χ0n) is 15.3.